The first-order valence-electron chi connectivity index (χ1n) is 4.84. The van der Waals surface area contributed by atoms with Crippen molar-refractivity contribution in [3.05, 3.63) is 34.3 Å². The summed E-state index contributed by atoms with van der Waals surface area (Å²) in [7, 11) is 1.65. The van der Waals surface area contributed by atoms with E-state index in [9.17, 15) is 0 Å². The van der Waals surface area contributed by atoms with Crippen LogP contribution in [0.25, 0.3) is 0 Å². The summed E-state index contributed by atoms with van der Waals surface area (Å²) >= 11 is 3.42. The van der Waals surface area contributed by atoms with Gasteiger partial charge in [-0.2, -0.15) is 0 Å². The van der Waals surface area contributed by atoms with Crippen molar-refractivity contribution in [1.29, 1.82) is 0 Å². The van der Waals surface area contributed by atoms with Gasteiger partial charge >= 0.3 is 0 Å². The molecule has 3 nitrogen and oxygen atoms in total. The molecule has 1 aromatic rings. The zero-order chi connectivity index (χ0) is 11.1. The number of hydrogen-bond donors (Lipinski definition) is 1. The fourth-order valence-corrected chi connectivity index (χ4v) is 1.70. The number of methoxy groups -OCH3 is 1. The van der Waals surface area contributed by atoms with Gasteiger partial charge in [-0.3, -0.25) is 0 Å². The van der Waals surface area contributed by atoms with Crippen LogP contribution in [0.5, 0.6) is 0 Å². The number of halogens is 1. The zero-order valence-electron chi connectivity index (χ0n) is 8.78. The van der Waals surface area contributed by atoms with Crippen molar-refractivity contribution < 1.29 is 9.47 Å². The lowest BCUT2D eigenvalue weighted by Crippen LogP contribution is -2.17. The van der Waals surface area contributed by atoms with E-state index in [-0.39, 0.29) is 6.10 Å². The topological polar surface area (TPSA) is 44.5 Å². The predicted molar refractivity (Wildman–Crippen MR) is 63.8 cm³/mol. The third-order valence-corrected chi connectivity index (χ3v) is 2.53. The fourth-order valence-electron chi connectivity index (χ4n) is 1.28. The van der Waals surface area contributed by atoms with Gasteiger partial charge in [-0.05, 0) is 17.7 Å². The van der Waals surface area contributed by atoms with Gasteiger partial charge in [-0.1, -0.05) is 28.1 Å². The highest BCUT2D eigenvalue weighted by Crippen LogP contribution is 2.20. The van der Waals surface area contributed by atoms with Crippen molar-refractivity contribution in [3.63, 3.8) is 0 Å². The maximum absolute atomic E-state index is 5.66. The third-order valence-electron chi connectivity index (χ3n) is 2.04. The van der Waals surface area contributed by atoms with Crippen LogP contribution in [0.2, 0.25) is 0 Å². The molecule has 0 heterocycles. The van der Waals surface area contributed by atoms with Gasteiger partial charge in [0, 0.05) is 18.1 Å². The highest BCUT2D eigenvalue weighted by Gasteiger charge is 2.09. The van der Waals surface area contributed by atoms with Crippen LogP contribution in [0.15, 0.2) is 28.7 Å². The molecule has 0 amide bonds. The molecule has 0 saturated carbocycles. The number of hydrogen-bond acceptors (Lipinski definition) is 3. The maximum atomic E-state index is 5.66. The number of ether oxygens (including phenoxy) is 2. The Morgan fingerprint density at radius 1 is 1.40 bits per heavy atom. The van der Waals surface area contributed by atoms with Gasteiger partial charge in [-0.15, -0.1) is 0 Å². The fraction of sp³-hybridized carbons (Fsp3) is 0.455. The monoisotopic (exact) mass is 273 g/mol. The molecule has 1 aromatic carbocycles. The Morgan fingerprint density at radius 2 is 2.20 bits per heavy atom. The molecule has 0 saturated heterocycles. The van der Waals surface area contributed by atoms with Crippen LogP contribution in [0, 0.1) is 0 Å². The summed E-state index contributed by atoms with van der Waals surface area (Å²) in [6, 6.07) is 7.98. The minimum atomic E-state index is -0.0577. The number of benzene rings is 1. The van der Waals surface area contributed by atoms with Crippen molar-refractivity contribution in [2.75, 3.05) is 26.9 Å². The van der Waals surface area contributed by atoms with E-state index in [0.29, 0.717) is 19.8 Å². The van der Waals surface area contributed by atoms with Crippen molar-refractivity contribution >= 4 is 15.9 Å². The highest BCUT2D eigenvalue weighted by atomic mass is 79.9. The third kappa shape index (κ3) is 4.30. The van der Waals surface area contributed by atoms with Gasteiger partial charge in [0.2, 0.25) is 0 Å². The standard InChI is InChI=1S/C11H16BrNO2/c1-14-5-6-15-11(8-13)9-3-2-4-10(12)7-9/h2-4,7,11H,5-6,8,13H2,1H3. The first kappa shape index (κ1) is 12.6. The SMILES string of the molecule is COCCOC(CN)c1cccc(Br)c1. The molecule has 4 heteroatoms. The van der Waals surface area contributed by atoms with Gasteiger partial charge in [0.1, 0.15) is 0 Å². The quantitative estimate of drug-likeness (QED) is 0.808. The molecule has 0 spiro atoms. The molecule has 0 fully saturated rings. The molecule has 0 aromatic heterocycles. The molecule has 0 bridgehead atoms. The Hall–Kier alpha value is -0.420. The summed E-state index contributed by atoms with van der Waals surface area (Å²) in [6.45, 7) is 1.62. The molecule has 0 aliphatic carbocycles. The van der Waals surface area contributed by atoms with Crippen LogP contribution in [-0.4, -0.2) is 26.9 Å². The molecular formula is C11H16BrNO2. The summed E-state index contributed by atoms with van der Waals surface area (Å²) in [6.07, 6.45) is -0.0577. The molecule has 84 valence electrons. The number of nitrogens with two attached hydrogens (primary N) is 1. The number of rotatable bonds is 6. The second-order valence-corrected chi connectivity index (χ2v) is 4.06. The van der Waals surface area contributed by atoms with Gasteiger partial charge in [-0.25, -0.2) is 0 Å². The van der Waals surface area contributed by atoms with Crippen LogP contribution in [0.4, 0.5) is 0 Å². The van der Waals surface area contributed by atoms with E-state index in [1.54, 1.807) is 7.11 Å². The van der Waals surface area contributed by atoms with E-state index in [4.69, 9.17) is 15.2 Å². The Bertz CT molecular complexity index is 294. The van der Waals surface area contributed by atoms with E-state index >= 15 is 0 Å². The summed E-state index contributed by atoms with van der Waals surface area (Å²) in [4.78, 5) is 0. The van der Waals surface area contributed by atoms with Crippen molar-refractivity contribution in [3.8, 4) is 0 Å². The summed E-state index contributed by atoms with van der Waals surface area (Å²) in [5.74, 6) is 0. The van der Waals surface area contributed by atoms with Gasteiger partial charge < -0.3 is 15.2 Å². The second kappa shape index (κ2) is 6.95. The molecule has 1 rings (SSSR count). The normalized spacial score (nSPS) is 12.7. The van der Waals surface area contributed by atoms with Crippen molar-refractivity contribution in [2.45, 2.75) is 6.10 Å². The van der Waals surface area contributed by atoms with Crippen molar-refractivity contribution in [1.82, 2.24) is 0 Å². The minimum Gasteiger partial charge on any atom is -0.382 e. The van der Waals surface area contributed by atoms with Crippen LogP contribution in [-0.2, 0) is 9.47 Å². The minimum absolute atomic E-state index is 0.0577. The smallest absolute Gasteiger partial charge is 0.0948 e. The van der Waals surface area contributed by atoms with E-state index in [1.165, 1.54) is 0 Å². The average molecular weight is 274 g/mol. The second-order valence-electron chi connectivity index (χ2n) is 3.14. The van der Waals surface area contributed by atoms with Gasteiger partial charge in [0.25, 0.3) is 0 Å². The summed E-state index contributed by atoms with van der Waals surface area (Å²) in [5, 5.41) is 0. The molecular weight excluding hydrogens is 258 g/mol. The molecule has 1 atom stereocenters. The largest absolute Gasteiger partial charge is 0.382 e. The molecule has 0 aliphatic heterocycles. The summed E-state index contributed by atoms with van der Waals surface area (Å²) < 4.78 is 11.6. The Morgan fingerprint density at radius 3 is 2.80 bits per heavy atom. The van der Waals surface area contributed by atoms with Crippen molar-refractivity contribution in [2.24, 2.45) is 5.73 Å². The molecule has 0 aliphatic rings. The van der Waals surface area contributed by atoms with E-state index < -0.39 is 0 Å². The van der Waals surface area contributed by atoms with E-state index in [2.05, 4.69) is 15.9 Å². The molecule has 15 heavy (non-hydrogen) atoms. The van der Waals surface area contributed by atoms with Gasteiger partial charge in [0.05, 0.1) is 19.3 Å². The molecule has 2 N–H and O–H groups in total. The van der Waals surface area contributed by atoms with Crippen LogP contribution >= 0.6 is 15.9 Å². The van der Waals surface area contributed by atoms with Crippen LogP contribution < -0.4 is 5.73 Å². The summed E-state index contributed by atoms with van der Waals surface area (Å²) in [5.41, 5.74) is 6.74. The average Bonchev–Trinajstić information content (AvgIpc) is 2.24. The van der Waals surface area contributed by atoms with Crippen LogP contribution in [0.3, 0.4) is 0 Å². The first-order valence-corrected chi connectivity index (χ1v) is 5.63. The van der Waals surface area contributed by atoms with Gasteiger partial charge in [0.15, 0.2) is 0 Å². The Labute approximate surface area is 98.7 Å². The lowest BCUT2D eigenvalue weighted by molar-refractivity contribution is 0.0207. The molecule has 0 radical (unpaired) electrons. The Balaban J connectivity index is 2.57. The lowest BCUT2D eigenvalue weighted by atomic mass is 10.1. The van der Waals surface area contributed by atoms with E-state index in [0.717, 1.165) is 10.0 Å². The zero-order valence-corrected chi connectivity index (χ0v) is 10.4. The Kier molecular flexibility index (Phi) is 5.86. The molecule has 1 unspecified atom stereocenters. The van der Waals surface area contributed by atoms with Crippen LogP contribution in [0.1, 0.15) is 11.7 Å². The maximum Gasteiger partial charge on any atom is 0.0948 e. The highest BCUT2D eigenvalue weighted by molar-refractivity contribution is 9.10. The predicted octanol–water partition coefficient (Wildman–Crippen LogP) is 2.11. The lowest BCUT2D eigenvalue weighted by Gasteiger charge is -2.16. The van der Waals surface area contributed by atoms with E-state index in [1.807, 2.05) is 24.3 Å². The first-order chi connectivity index (χ1) is 7.27.